The van der Waals surface area contributed by atoms with Gasteiger partial charge in [-0.3, -0.25) is 0 Å². The first kappa shape index (κ1) is 27.3. The summed E-state index contributed by atoms with van der Waals surface area (Å²) in [6.45, 7) is 8.85. The number of thioether (sulfide) groups is 1. The number of carbonyl (C=O) groups is 1. The number of nitrogens with one attached hydrogen (secondary N) is 1. The number of allylic oxidation sites excluding steroid dienone is 1. The second-order valence-electron chi connectivity index (χ2n) is 8.96. The molecule has 7 nitrogen and oxygen atoms in total. The van der Waals surface area contributed by atoms with Crippen molar-refractivity contribution < 1.29 is 14.3 Å². The molecule has 1 unspecified atom stereocenters. The number of carbonyl (C=O) groups excluding carboxylic acids is 1. The van der Waals surface area contributed by atoms with Crippen molar-refractivity contribution in [1.29, 1.82) is 0 Å². The summed E-state index contributed by atoms with van der Waals surface area (Å²) >= 11 is 5.24. The summed E-state index contributed by atoms with van der Waals surface area (Å²) in [5.41, 5.74) is 4.27. The Morgan fingerprint density at radius 1 is 1.16 bits per heavy atom. The normalized spacial score (nSPS) is 14.8. The van der Waals surface area contributed by atoms with E-state index in [1.807, 2.05) is 44.2 Å². The van der Waals surface area contributed by atoms with Gasteiger partial charge in [0.05, 0.1) is 12.2 Å². The zero-order valence-electron chi connectivity index (χ0n) is 21.7. The Balaban J connectivity index is 1.77. The van der Waals surface area contributed by atoms with Crippen LogP contribution in [-0.4, -0.2) is 33.1 Å². The molecule has 0 saturated heterocycles. The average molecular weight is 586 g/mol. The van der Waals surface area contributed by atoms with E-state index in [1.54, 1.807) is 16.4 Å². The van der Waals surface area contributed by atoms with Gasteiger partial charge in [-0.25, -0.2) is 9.48 Å². The number of ether oxygens (including phenoxy) is 2. The second-order valence-corrected chi connectivity index (χ2v) is 10.9. The number of anilines is 1. The highest BCUT2D eigenvalue weighted by Gasteiger charge is 2.37. The fourth-order valence-electron chi connectivity index (χ4n) is 4.12. The molecular weight excluding hydrogens is 552 g/mol. The van der Waals surface area contributed by atoms with Crippen molar-refractivity contribution in [1.82, 2.24) is 14.8 Å². The van der Waals surface area contributed by atoms with Crippen LogP contribution < -0.4 is 10.1 Å². The van der Waals surface area contributed by atoms with Gasteiger partial charge in [-0.1, -0.05) is 72.2 Å². The van der Waals surface area contributed by atoms with Crippen LogP contribution in [0.3, 0.4) is 0 Å². The lowest BCUT2D eigenvalue weighted by Crippen LogP contribution is -2.30. The quantitative estimate of drug-likeness (QED) is 0.147. The molecule has 2 heterocycles. The molecule has 0 spiro atoms. The van der Waals surface area contributed by atoms with E-state index in [2.05, 4.69) is 47.2 Å². The Kier molecular flexibility index (Phi) is 9.32. The number of esters is 1. The molecule has 196 valence electrons. The van der Waals surface area contributed by atoms with E-state index in [-0.39, 0.29) is 5.97 Å². The molecule has 0 fully saturated rings. The fraction of sp³-hybridized carbons (Fsp3) is 0.393. The Hall–Kier alpha value is -2.78. The Morgan fingerprint density at radius 3 is 2.73 bits per heavy atom. The van der Waals surface area contributed by atoms with E-state index < -0.39 is 6.04 Å². The minimum Gasteiger partial charge on any atom is -0.489 e. The molecule has 37 heavy (non-hydrogen) atoms. The van der Waals surface area contributed by atoms with Gasteiger partial charge in [0.25, 0.3) is 0 Å². The van der Waals surface area contributed by atoms with Crippen LogP contribution in [0.25, 0.3) is 0 Å². The van der Waals surface area contributed by atoms with Crippen LogP contribution in [0.2, 0.25) is 0 Å². The minimum absolute atomic E-state index is 0.347. The van der Waals surface area contributed by atoms with Crippen molar-refractivity contribution in [3.05, 3.63) is 74.9 Å². The molecule has 0 radical (unpaired) electrons. The van der Waals surface area contributed by atoms with Crippen LogP contribution in [0, 0.1) is 6.92 Å². The zero-order valence-corrected chi connectivity index (χ0v) is 24.1. The standard InChI is InChI=1S/C28H33BrN4O3S/c1-5-7-15-37-28-31-27-30-19(4)24(26(34)35-14-6-2)25(33(27)32-28)22-16-21(29)12-13-23(22)36-17-20-11-9-8-10-18(20)3/h8-13,16,25H,5-7,14-15,17H2,1-4H3,(H,30,31,32). The lowest BCUT2D eigenvalue weighted by Gasteiger charge is -2.29. The summed E-state index contributed by atoms with van der Waals surface area (Å²) < 4.78 is 14.6. The molecule has 1 aliphatic rings. The first-order valence-corrected chi connectivity index (χ1v) is 14.4. The molecule has 1 aliphatic heterocycles. The number of benzene rings is 2. The van der Waals surface area contributed by atoms with Crippen LogP contribution in [-0.2, 0) is 16.1 Å². The number of hydrogen-bond acceptors (Lipinski definition) is 7. The highest BCUT2D eigenvalue weighted by atomic mass is 79.9. The van der Waals surface area contributed by atoms with Crippen LogP contribution in [0.15, 0.2) is 63.4 Å². The van der Waals surface area contributed by atoms with Gasteiger partial charge in [-0.2, -0.15) is 4.98 Å². The lowest BCUT2D eigenvalue weighted by atomic mass is 9.95. The maximum absolute atomic E-state index is 13.4. The summed E-state index contributed by atoms with van der Waals surface area (Å²) in [6.07, 6.45) is 2.93. The smallest absolute Gasteiger partial charge is 0.338 e. The van der Waals surface area contributed by atoms with Gasteiger partial charge in [-0.05, 0) is 56.0 Å². The van der Waals surface area contributed by atoms with Gasteiger partial charge >= 0.3 is 5.97 Å². The number of nitrogens with zero attached hydrogens (tertiary/aromatic N) is 3. The van der Waals surface area contributed by atoms with Crippen molar-refractivity contribution in [3.63, 3.8) is 0 Å². The summed E-state index contributed by atoms with van der Waals surface area (Å²) in [6, 6.07) is 13.5. The predicted octanol–water partition coefficient (Wildman–Crippen LogP) is 7.06. The molecule has 0 amide bonds. The number of rotatable bonds is 11. The van der Waals surface area contributed by atoms with Crippen molar-refractivity contribution in [2.24, 2.45) is 0 Å². The van der Waals surface area contributed by atoms with Crippen molar-refractivity contribution in [2.45, 2.75) is 64.8 Å². The molecule has 0 saturated carbocycles. The molecule has 0 aliphatic carbocycles. The number of fused-ring (bicyclic) bond motifs is 1. The number of aromatic nitrogens is 3. The highest BCUT2D eigenvalue weighted by molar-refractivity contribution is 9.10. The third kappa shape index (κ3) is 6.38. The molecular formula is C28H33BrN4O3S. The van der Waals surface area contributed by atoms with Crippen LogP contribution in [0.5, 0.6) is 5.75 Å². The minimum atomic E-state index is -0.557. The van der Waals surface area contributed by atoms with Gasteiger partial charge in [0.1, 0.15) is 18.4 Å². The first-order valence-electron chi connectivity index (χ1n) is 12.6. The average Bonchev–Trinajstić information content (AvgIpc) is 3.28. The molecule has 1 aromatic heterocycles. The first-order chi connectivity index (χ1) is 17.9. The van der Waals surface area contributed by atoms with Gasteiger partial charge in [0, 0.05) is 21.5 Å². The summed E-state index contributed by atoms with van der Waals surface area (Å²) in [5, 5.41) is 8.78. The zero-order chi connectivity index (χ0) is 26.4. The molecule has 1 N–H and O–H groups in total. The molecule has 1 atom stereocenters. The van der Waals surface area contributed by atoms with Crippen molar-refractivity contribution in [3.8, 4) is 5.75 Å². The molecule has 0 bridgehead atoms. The van der Waals surface area contributed by atoms with E-state index in [4.69, 9.17) is 19.6 Å². The van der Waals surface area contributed by atoms with E-state index in [1.165, 1.54) is 0 Å². The molecule has 3 aromatic rings. The Morgan fingerprint density at radius 2 is 1.97 bits per heavy atom. The number of hydrogen-bond donors (Lipinski definition) is 1. The fourth-order valence-corrected chi connectivity index (χ4v) is 5.41. The van der Waals surface area contributed by atoms with Crippen LogP contribution >= 0.6 is 27.7 Å². The largest absolute Gasteiger partial charge is 0.489 e. The third-order valence-corrected chi connectivity index (χ3v) is 7.55. The van der Waals surface area contributed by atoms with Crippen molar-refractivity contribution >= 4 is 39.6 Å². The third-order valence-electron chi connectivity index (χ3n) is 6.13. The maximum Gasteiger partial charge on any atom is 0.338 e. The summed E-state index contributed by atoms with van der Waals surface area (Å²) in [7, 11) is 0. The van der Waals surface area contributed by atoms with Gasteiger partial charge in [-0.15, -0.1) is 5.10 Å². The highest BCUT2D eigenvalue weighted by Crippen LogP contribution is 2.41. The van der Waals surface area contributed by atoms with Gasteiger partial charge < -0.3 is 14.8 Å². The van der Waals surface area contributed by atoms with Gasteiger partial charge in [0.2, 0.25) is 11.1 Å². The van der Waals surface area contributed by atoms with Crippen LogP contribution in [0.4, 0.5) is 5.95 Å². The number of aryl methyl sites for hydroxylation is 1. The number of halogens is 1. The van der Waals surface area contributed by atoms with Crippen LogP contribution in [0.1, 0.15) is 62.8 Å². The van der Waals surface area contributed by atoms with Gasteiger partial charge in [0.15, 0.2) is 0 Å². The Bertz CT molecular complexity index is 1290. The number of unbranched alkanes of at least 4 members (excludes halogenated alkanes) is 1. The Labute approximate surface area is 231 Å². The lowest BCUT2D eigenvalue weighted by molar-refractivity contribution is -0.139. The molecule has 2 aromatic carbocycles. The van der Waals surface area contributed by atoms with E-state index >= 15 is 0 Å². The maximum atomic E-state index is 13.4. The topological polar surface area (TPSA) is 78.3 Å². The summed E-state index contributed by atoms with van der Waals surface area (Å²) in [5.74, 6) is 1.83. The van der Waals surface area contributed by atoms with Crippen molar-refractivity contribution in [2.75, 3.05) is 17.7 Å². The summed E-state index contributed by atoms with van der Waals surface area (Å²) in [4.78, 5) is 18.1. The van der Waals surface area contributed by atoms with E-state index in [0.29, 0.717) is 41.3 Å². The van der Waals surface area contributed by atoms with E-state index in [0.717, 1.165) is 46.2 Å². The monoisotopic (exact) mass is 584 g/mol. The molecule has 9 heteroatoms. The van der Waals surface area contributed by atoms with E-state index in [9.17, 15) is 4.79 Å². The molecule has 4 rings (SSSR count). The predicted molar refractivity (Wildman–Crippen MR) is 151 cm³/mol. The second kappa shape index (κ2) is 12.6. The SMILES string of the molecule is CCCCSc1nc2n(n1)C(c1cc(Br)ccc1OCc1ccccc1C)C(C(=O)OCCC)=C(C)N2.